The molecule has 1 aromatic heterocycles. The molecule has 3 aliphatic carbocycles. The lowest BCUT2D eigenvalue weighted by molar-refractivity contribution is -0.142. The summed E-state index contributed by atoms with van der Waals surface area (Å²) in [7, 11) is 0. The van der Waals surface area contributed by atoms with E-state index in [-0.39, 0.29) is 18.2 Å². The Morgan fingerprint density at radius 3 is 2.67 bits per heavy atom. The van der Waals surface area contributed by atoms with Crippen molar-refractivity contribution < 1.29 is 14.7 Å². The predicted octanol–water partition coefficient (Wildman–Crippen LogP) is 0.814. The molecule has 6 heteroatoms. The number of carbonyl (C=O) groups is 2. The highest BCUT2D eigenvalue weighted by Gasteiger charge is 2.67. The first-order valence-corrected chi connectivity index (χ1v) is 7.65. The van der Waals surface area contributed by atoms with E-state index in [1.165, 1.54) is 25.6 Å². The molecule has 5 atom stereocenters. The minimum absolute atomic E-state index is 0.0616. The van der Waals surface area contributed by atoms with Gasteiger partial charge >= 0.3 is 5.97 Å². The van der Waals surface area contributed by atoms with Crippen LogP contribution in [0, 0.1) is 29.6 Å². The van der Waals surface area contributed by atoms with E-state index in [1.807, 2.05) is 0 Å². The van der Waals surface area contributed by atoms with Crippen molar-refractivity contribution in [2.24, 2.45) is 29.6 Å². The van der Waals surface area contributed by atoms with Gasteiger partial charge in [-0.05, 0) is 42.9 Å². The third kappa shape index (κ3) is 2.04. The molecular formula is C15H19N3O3. The Kier molecular flexibility index (Phi) is 2.80. The van der Waals surface area contributed by atoms with Crippen molar-refractivity contribution in [3.63, 3.8) is 0 Å². The third-order valence-electron chi connectivity index (χ3n) is 5.63. The van der Waals surface area contributed by atoms with Gasteiger partial charge in [0.15, 0.2) is 0 Å². The van der Waals surface area contributed by atoms with E-state index in [4.69, 9.17) is 0 Å². The number of amides is 1. The van der Waals surface area contributed by atoms with Crippen molar-refractivity contribution in [2.45, 2.75) is 31.7 Å². The van der Waals surface area contributed by atoms with Crippen molar-refractivity contribution >= 4 is 11.9 Å². The van der Waals surface area contributed by atoms with Gasteiger partial charge in [0, 0.05) is 24.2 Å². The zero-order valence-corrected chi connectivity index (χ0v) is 11.7. The van der Waals surface area contributed by atoms with Crippen LogP contribution in [0.15, 0.2) is 12.5 Å². The molecule has 6 nitrogen and oxygen atoms in total. The van der Waals surface area contributed by atoms with Gasteiger partial charge in [-0.3, -0.25) is 4.79 Å². The first-order valence-electron chi connectivity index (χ1n) is 7.65. The molecule has 0 spiro atoms. The van der Waals surface area contributed by atoms with Crippen LogP contribution in [-0.2, 0) is 16.0 Å². The van der Waals surface area contributed by atoms with Crippen LogP contribution in [0.5, 0.6) is 0 Å². The Morgan fingerprint density at radius 1 is 1.38 bits per heavy atom. The number of carboxylic acid groups (broad SMARTS) is 1. The maximum absolute atomic E-state index is 12.4. The number of carboxylic acids is 1. The number of aliphatic carboxylic acids is 1. The van der Waals surface area contributed by atoms with E-state index in [1.54, 1.807) is 6.20 Å². The number of fused-ring (bicyclic) bond motifs is 5. The fourth-order valence-electron chi connectivity index (χ4n) is 4.76. The van der Waals surface area contributed by atoms with Gasteiger partial charge in [-0.15, -0.1) is 0 Å². The second-order valence-corrected chi connectivity index (χ2v) is 6.69. The van der Waals surface area contributed by atoms with E-state index in [0.29, 0.717) is 23.7 Å². The summed E-state index contributed by atoms with van der Waals surface area (Å²) < 4.78 is 0. The first kappa shape index (κ1) is 12.9. The van der Waals surface area contributed by atoms with Crippen molar-refractivity contribution in [3.05, 3.63) is 18.2 Å². The lowest BCUT2D eigenvalue weighted by Crippen LogP contribution is -2.43. The van der Waals surface area contributed by atoms with E-state index in [0.717, 1.165) is 5.69 Å². The topological polar surface area (TPSA) is 95.1 Å². The highest BCUT2D eigenvalue weighted by atomic mass is 16.4. The van der Waals surface area contributed by atoms with Crippen molar-refractivity contribution in [1.82, 2.24) is 15.3 Å². The fourth-order valence-corrected chi connectivity index (χ4v) is 4.76. The van der Waals surface area contributed by atoms with Crippen molar-refractivity contribution in [3.8, 4) is 0 Å². The van der Waals surface area contributed by atoms with E-state index in [2.05, 4.69) is 15.3 Å². The van der Waals surface area contributed by atoms with Crippen LogP contribution < -0.4 is 5.32 Å². The van der Waals surface area contributed by atoms with Crippen LogP contribution in [0.4, 0.5) is 0 Å². The van der Waals surface area contributed by atoms with Gasteiger partial charge in [-0.1, -0.05) is 0 Å². The zero-order chi connectivity index (χ0) is 14.6. The predicted molar refractivity (Wildman–Crippen MR) is 73.2 cm³/mol. The monoisotopic (exact) mass is 289 g/mol. The Balaban J connectivity index is 1.40. The quantitative estimate of drug-likeness (QED) is 0.747. The fraction of sp³-hybridized carbons (Fsp3) is 0.667. The summed E-state index contributed by atoms with van der Waals surface area (Å²) in [6, 6.07) is -0.878. The highest BCUT2D eigenvalue weighted by molar-refractivity contribution is 5.87. The maximum atomic E-state index is 12.4. The Bertz CT molecular complexity index is 555. The molecule has 112 valence electrons. The summed E-state index contributed by atoms with van der Waals surface area (Å²) in [4.78, 5) is 30.5. The number of hydrogen-bond acceptors (Lipinski definition) is 3. The Morgan fingerprint density at radius 2 is 2.10 bits per heavy atom. The average molecular weight is 289 g/mol. The van der Waals surface area contributed by atoms with Gasteiger partial charge in [0.1, 0.15) is 6.04 Å². The molecule has 1 aromatic rings. The molecule has 4 rings (SSSR count). The third-order valence-corrected chi connectivity index (χ3v) is 5.63. The summed E-state index contributed by atoms with van der Waals surface area (Å²) in [6.07, 6.45) is 7.15. The van der Waals surface area contributed by atoms with Crippen LogP contribution in [0.1, 0.15) is 25.0 Å². The zero-order valence-electron chi connectivity index (χ0n) is 11.7. The lowest BCUT2D eigenvalue weighted by Gasteiger charge is -2.15. The average Bonchev–Trinajstić information content (AvgIpc) is 2.87. The van der Waals surface area contributed by atoms with Crippen LogP contribution in [-0.4, -0.2) is 33.0 Å². The summed E-state index contributed by atoms with van der Waals surface area (Å²) in [6.45, 7) is 0. The number of aromatic amines is 1. The van der Waals surface area contributed by atoms with Gasteiger partial charge in [-0.25, -0.2) is 9.78 Å². The van der Waals surface area contributed by atoms with Crippen LogP contribution in [0.2, 0.25) is 0 Å². The SMILES string of the molecule is O=C(O)C(Cc1cnc[nH]1)NC(=O)C1C2C3CCC(C3)C12. The lowest BCUT2D eigenvalue weighted by atomic mass is 10.0. The van der Waals surface area contributed by atoms with E-state index in [9.17, 15) is 14.7 Å². The van der Waals surface area contributed by atoms with Crippen molar-refractivity contribution in [1.29, 1.82) is 0 Å². The molecule has 5 unspecified atom stereocenters. The maximum Gasteiger partial charge on any atom is 0.326 e. The van der Waals surface area contributed by atoms with E-state index < -0.39 is 12.0 Å². The van der Waals surface area contributed by atoms with Crippen molar-refractivity contribution in [2.75, 3.05) is 0 Å². The highest BCUT2D eigenvalue weighted by Crippen LogP contribution is 2.69. The number of nitrogens with zero attached hydrogens (tertiary/aromatic N) is 1. The summed E-state index contributed by atoms with van der Waals surface area (Å²) in [5.74, 6) is 1.51. The molecular weight excluding hydrogens is 270 g/mol. The van der Waals surface area contributed by atoms with Gasteiger partial charge in [-0.2, -0.15) is 0 Å². The number of nitrogens with one attached hydrogen (secondary N) is 2. The normalized spacial score (nSPS) is 37.0. The van der Waals surface area contributed by atoms with Crippen LogP contribution in [0.3, 0.4) is 0 Å². The molecule has 0 aliphatic heterocycles. The molecule has 2 bridgehead atoms. The first-order chi connectivity index (χ1) is 10.1. The number of aromatic nitrogens is 2. The number of H-pyrrole nitrogens is 1. The molecule has 21 heavy (non-hydrogen) atoms. The van der Waals surface area contributed by atoms with Crippen LogP contribution in [0.25, 0.3) is 0 Å². The molecule has 0 saturated heterocycles. The Labute approximate surface area is 122 Å². The standard InChI is InChI=1S/C15H19N3O3/c19-14(13-11-7-1-2-8(3-7)12(11)13)18-10(15(20)21)4-9-5-16-6-17-9/h5-8,10-13H,1-4H2,(H,16,17)(H,18,19)(H,20,21). The summed E-state index contributed by atoms with van der Waals surface area (Å²) in [5.41, 5.74) is 0.721. The summed E-state index contributed by atoms with van der Waals surface area (Å²) in [5, 5.41) is 12.0. The number of hydrogen-bond donors (Lipinski definition) is 3. The molecule has 1 amide bonds. The number of rotatable bonds is 5. The summed E-state index contributed by atoms with van der Waals surface area (Å²) >= 11 is 0. The molecule has 0 radical (unpaired) electrons. The smallest absolute Gasteiger partial charge is 0.326 e. The molecule has 3 saturated carbocycles. The number of carbonyl (C=O) groups excluding carboxylic acids is 1. The second kappa shape index (κ2) is 4.58. The molecule has 1 heterocycles. The van der Waals surface area contributed by atoms with Gasteiger partial charge < -0.3 is 15.4 Å². The Hall–Kier alpha value is -1.85. The molecule has 0 aromatic carbocycles. The minimum Gasteiger partial charge on any atom is -0.480 e. The van der Waals surface area contributed by atoms with E-state index >= 15 is 0 Å². The minimum atomic E-state index is -0.994. The van der Waals surface area contributed by atoms with Crippen LogP contribution >= 0.6 is 0 Å². The van der Waals surface area contributed by atoms with Gasteiger partial charge in [0.05, 0.1) is 6.33 Å². The molecule has 3 N–H and O–H groups in total. The molecule has 3 fully saturated rings. The van der Waals surface area contributed by atoms with Gasteiger partial charge in [0.25, 0.3) is 0 Å². The largest absolute Gasteiger partial charge is 0.480 e. The van der Waals surface area contributed by atoms with Gasteiger partial charge in [0.2, 0.25) is 5.91 Å². The number of imidazole rings is 1. The second-order valence-electron chi connectivity index (χ2n) is 6.69. The molecule has 3 aliphatic rings.